The number of nitrogens with two attached hydrogens (primary N) is 1. The number of carbonyl (C=O) groups excluding carboxylic acids is 1. The first kappa shape index (κ1) is 22.2. The number of carbonyl (C=O) groups is 1. The van der Waals surface area contributed by atoms with Gasteiger partial charge < -0.3 is 30.7 Å². The number of benzene rings is 2. The quantitative estimate of drug-likeness (QED) is 0.509. The lowest BCUT2D eigenvalue weighted by atomic mass is 10.1. The molecule has 2 aromatic carbocycles. The van der Waals surface area contributed by atoms with E-state index in [-0.39, 0.29) is 17.8 Å². The van der Waals surface area contributed by atoms with Gasteiger partial charge in [-0.25, -0.2) is 0 Å². The molecule has 2 aliphatic heterocycles. The number of aromatic nitrogens is 2. The Kier molecular flexibility index (Phi) is 6.12. The molecule has 4 N–H and O–H groups in total. The van der Waals surface area contributed by atoms with E-state index < -0.39 is 0 Å². The van der Waals surface area contributed by atoms with Gasteiger partial charge in [-0.15, -0.1) is 10.2 Å². The first-order valence-corrected chi connectivity index (χ1v) is 11.5. The molecule has 0 bridgehead atoms. The molecule has 0 aliphatic carbocycles. The Morgan fingerprint density at radius 1 is 1.12 bits per heavy atom. The van der Waals surface area contributed by atoms with Crippen LogP contribution in [0.5, 0.6) is 11.5 Å². The van der Waals surface area contributed by atoms with E-state index in [0.29, 0.717) is 59.6 Å². The molecule has 176 valence electrons. The van der Waals surface area contributed by atoms with E-state index in [2.05, 4.69) is 15.5 Å². The number of phenols is 1. The molecule has 3 aromatic rings. The fourth-order valence-electron chi connectivity index (χ4n) is 4.15. The third kappa shape index (κ3) is 4.44. The fraction of sp³-hybridized carbons (Fsp3) is 0.292. The average Bonchev–Trinajstić information content (AvgIpc) is 2.82. The largest absolute Gasteiger partial charge is 0.507 e. The van der Waals surface area contributed by atoms with Crippen molar-refractivity contribution < 1.29 is 14.6 Å². The zero-order chi connectivity index (χ0) is 23.7. The Bertz CT molecular complexity index is 1210. The highest BCUT2D eigenvalue weighted by atomic mass is 35.5. The van der Waals surface area contributed by atoms with E-state index >= 15 is 0 Å². The predicted octanol–water partition coefficient (Wildman–Crippen LogP) is 2.40. The van der Waals surface area contributed by atoms with Crippen molar-refractivity contribution in [2.75, 3.05) is 49.9 Å². The van der Waals surface area contributed by atoms with E-state index in [1.165, 1.54) is 0 Å². The van der Waals surface area contributed by atoms with Crippen LogP contribution in [0.25, 0.3) is 11.3 Å². The van der Waals surface area contributed by atoms with Gasteiger partial charge in [-0.1, -0.05) is 23.7 Å². The summed E-state index contributed by atoms with van der Waals surface area (Å²) in [5, 5.41) is 21.9. The maximum absolute atomic E-state index is 12.7. The molecular weight excluding hydrogens is 456 g/mol. The molecule has 5 rings (SSSR count). The van der Waals surface area contributed by atoms with Crippen LogP contribution in [-0.4, -0.2) is 71.5 Å². The van der Waals surface area contributed by atoms with Crippen LogP contribution in [-0.2, 0) is 0 Å². The summed E-state index contributed by atoms with van der Waals surface area (Å²) in [6.07, 6.45) is -0.0630. The first-order valence-electron chi connectivity index (χ1n) is 11.1. The maximum atomic E-state index is 12.7. The first-order chi connectivity index (χ1) is 16.5. The number of nitrogens with zero attached hydrogens (tertiary/aromatic N) is 4. The van der Waals surface area contributed by atoms with Crippen LogP contribution in [0.4, 0.5) is 11.5 Å². The lowest BCUT2D eigenvalue weighted by molar-refractivity contribution is 0.0736. The molecule has 10 heteroatoms. The lowest BCUT2D eigenvalue weighted by Crippen LogP contribution is -2.54. The standard InChI is InChI=1S/C24H25ClN6O3/c25-19-11-15(5-6-17(19)24(33)30-9-7-27-8-10-30)34-16-13-31(14-16)21-12-20(28-29-23(21)26)18-3-1-2-4-22(18)32/h1-6,11-12,16,27,32H,7-10,13-14H2,(H2,26,29). The second-order valence-electron chi connectivity index (χ2n) is 8.35. The third-order valence-corrected chi connectivity index (χ3v) is 6.36. The minimum Gasteiger partial charge on any atom is -0.507 e. The Balaban J connectivity index is 1.23. The van der Waals surface area contributed by atoms with Crippen LogP contribution in [0.15, 0.2) is 48.5 Å². The topological polar surface area (TPSA) is 117 Å². The molecule has 1 aromatic heterocycles. The van der Waals surface area contributed by atoms with Crippen molar-refractivity contribution >= 4 is 29.0 Å². The highest BCUT2D eigenvalue weighted by Gasteiger charge is 2.31. The van der Waals surface area contributed by atoms with Gasteiger partial charge in [-0.05, 0) is 36.4 Å². The van der Waals surface area contributed by atoms with Gasteiger partial charge in [0.2, 0.25) is 0 Å². The van der Waals surface area contributed by atoms with Crippen LogP contribution in [0.3, 0.4) is 0 Å². The van der Waals surface area contributed by atoms with Gasteiger partial charge in [0.15, 0.2) is 5.82 Å². The summed E-state index contributed by atoms with van der Waals surface area (Å²) < 4.78 is 6.06. The van der Waals surface area contributed by atoms with Crippen LogP contribution >= 0.6 is 11.6 Å². The molecule has 0 unspecified atom stereocenters. The summed E-state index contributed by atoms with van der Waals surface area (Å²) in [4.78, 5) is 16.6. The van der Waals surface area contributed by atoms with Crippen LogP contribution < -0.4 is 20.7 Å². The van der Waals surface area contributed by atoms with E-state index in [9.17, 15) is 9.90 Å². The maximum Gasteiger partial charge on any atom is 0.255 e. The molecule has 2 fully saturated rings. The Morgan fingerprint density at radius 3 is 2.62 bits per heavy atom. The van der Waals surface area contributed by atoms with Gasteiger partial charge in [0, 0.05) is 31.7 Å². The number of amides is 1. The SMILES string of the molecule is Nc1nnc(-c2ccccc2O)cc1N1CC(Oc2ccc(C(=O)N3CCNCC3)c(Cl)c2)C1. The van der Waals surface area contributed by atoms with Crippen molar-refractivity contribution in [1.82, 2.24) is 20.4 Å². The number of aromatic hydroxyl groups is 1. The number of hydrogen-bond acceptors (Lipinski definition) is 8. The van der Waals surface area contributed by atoms with Crippen molar-refractivity contribution in [2.45, 2.75) is 6.10 Å². The van der Waals surface area contributed by atoms with Crippen LogP contribution in [0.2, 0.25) is 5.02 Å². The second-order valence-corrected chi connectivity index (χ2v) is 8.75. The normalized spacial score (nSPS) is 16.3. The summed E-state index contributed by atoms with van der Waals surface area (Å²) in [6.45, 7) is 4.13. The molecule has 2 saturated heterocycles. The number of anilines is 2. The van der Waals surface area contributed by atoms with Crippen molar-refractivity contribution in [1.29, 1.82) is 0 Å². The van der Waals surface area contributed by atoms with Gasteiger partial charge in [-0.2, -0.15) is 0 Å². The molecule has 3 heterocycles. The number of piperazine rings is 1. The zero-order valence-corrected chi connectivity index (χ0v) is 19.2. The monoisotopic (exact) mass is 480 g/mol. The fourth-order valence-corrected chi connectivity index (χ4v) is 4.40. The molecule has 0 spiro atoms. The second kappa shape index (κ2) is 9.36. The number of nitrogen functional groups attached to an aromatic ring is 1. The zero-order valence-electron chi connectivity index (χ0n) is 18.4. The molecule has 1 amide bonds. The van der Waals surface area contributed by atoms with E-state index in [0.717, 1.165) is 18.8 Å². The molecule has 0 saturated carbocycles. The van der Waals surface area contributed by atoms with Crippen molar-refractivity contribution in [3.63, 3.8) is 0 Å². The Labute approximate surface area is 202 Å². The van der Waals surface area contributed by atoms with Gasteiger partial charge in [0.1, 0.15) is 17.6 Å². The summed E-state index contributed by atoms with van der Waals surface area (Å²) in [7, 11) is 0. The Morgan fingerprint density at radius 2 is 1.88 bits per heavy atom. The predicted molar refractivity (Wildman–Crippen MR) is 130 cm³/mol. The molecule has 0 atom stereocenters. The molecule has 9 nitrogen and oxygen atoms in total. The summed E-state index contributed by atoms with van der Waals surface area (Å²) in [6, 6.07) is 14.0. The number of phenolic OH excluding ortho intramolecular Hbond substituents is 1. The number of ether oxygens (including phenoxy) is 1. The third-order valence-electron chi connectivity index (χ3n) is 6.05. The smallest absolute Gasteiger partial charge is 0.255 e. The number of nitrogens with one attached hydrogen (secondary N) is 1. The van der Waals surface area contributed by atoms with E-state index in [1.54, 1.807) is 41.3 Å². The molecule has 34 heavy (non-hydrogen) atoms. The summed E-state index contributed by atoms with van der Waals surface area (Å²) in [5.41, 5.74) is 8.43. The molecular formula is C24H25ClN6O3. The highest BCUT2D eigenvalue weighted by Crippen LogP contribution is 2.34. The van der Waals surface area contributed by atoms with Crippen molar-refractivity contribution in [3.05, 3.63) is 59.1 Å². The van der Waals surface area contributed by atoms with Gasteiger partial charge in [-0.3, -0.25) is 4.79 Å². The Hall–Kier alpha value is -3.56. The van der Waals surface area contributed by atoms with Crippen LogP contribution in [0.1, 0.15) is 10.4 Å². The van der Waals surface area contributed by atoms with Gasteiger partial charge in [0.05, 0.1) is 35.1 Å². The summed E-state index contributed by atoms with van der Waals surface area (Å²) >= 11 is 6.42. The van der Waals surface area contributed by atoms with Crippen molar-refractivity contribution in [3.8, 4) is 22.8 Å². The van der Waals surface area contributed by atoms with E-state index in [4.69, 9.17) is 22.1 Å². The molecule has 0 radical (unpaired) electrons. The van der Waals surface area contributed by atoms with Crippen molar-refractivity contribution in [2.24, 2.45) is 0 Å². The van der Waals surface area contributed by atoms with Crippen LogP contribution in [0, 0.1) is 0 Å². The van der Waals surface area contributed by atoms with Gasteiger partial charge >= 0.3 is 0 Å². The number of para-hydroxylation sites is 1. The minimum absolute atomic E-state index is 0.0613. The number of rotatable bonds is 5. The van der Waals surface area contributed by atoms with E-state index in [1.807, 2.05) is 17.0 Å². The number of hydrogen-bond donors (Lipinski definition) is 3. The van der Waals surface area contributed by atoms with Gasteiger partial charge in [0.25, 0.3) is 5.91 Å². The average molecular weight is 481 g/mol. The lowest BCUT2D eigenvalue weighted by Gasteiger charge is -2.40. The minimum atomic E-state index is -0.0630. The summed E-state index contributed by atoms with van der Waals surface area (Å²) in [5.74, 6) is 1.00. The number of halogens is 1. The highest BCUT2D eigenvalue weighted by molar-refractivity contribution is 6.34. The molecule has 2 aliphatic rings.